The van der Waals surface area contributed by atoms with Crippen LogP contribution in [0.2, 0.25) is 0 Å². The number of hydrogen-bond acceptors (Lipinski definition) is 2. The Balaban J connectivity index is 2.26. The Kier molecular flexibility index (Phi) is 5.28. The molecule has 1 N–H and O–H groups in total. The summed E-state index contributed by atoms with van der Waals surface area (Å²) >= 11 is 0. The number of halogens is 3. The summed E-state index contributed by atoms with van der Waals surface area (Å²) in [6.45, 7) is 3.61. The molecular weight excluding hydrogens is 301 g/mol. The SMILES string of the molecule is CCC#Cc1cccnc1NCc1ccc(C)cc1C(F)(F)F. The first kappa shape index (κ1) is 16.9. The molecule has 2 aromatic rings. The van der Waals surface area contributed by atoms with Gasteiger partial charge in [0, 0.05) is 19.2 Å². The number of hydrogen-bond donors (Lipinski definition) is 1. The lowest BCUT2D eigenvalue weighted by atomic mass is 10.0. The molecule has 0 unspecified atom stereocenters. The van der Waals surface area contributed by atoms with Crippen LogP contribution in [0.1, 0.15) is 35.6 Å². The van der Waals surface area contributed by atoms with E-state index in [4.69, 9.17) is 0 Å². The Labute approximate surface area is 133 Å². The van der Waals surface area contributed by atoms with Crippen molar-refractivity contribution in [2.24, 2.45) is 0 Å². The van der Waals surface area contributed by atoms with Crippen LogP contribution in [-0.4, -0.2) is 4.98 Å². The number of rotatable bonds is 3. The van der Waals surface area contributed by atoms with Gasteiger partial charge in [-0.15, -0.1) is 0 Å². The van der Waals surface area contributed by atoms with Crippen LogP contribution in [-0.2, 0) is 12.7 Å². The number of alkyl halides is 3. The van der Waals surface area contributed by atoms with Gasteiger partial charge < -0.3 is 5.32 Å². The van der Waals surface area contributed by atoms with E-state index in [1.54, 1.807) is 31.3 Å². The summed E-state index contributed by atoms with van der Waals surface area (Å²) in [6.07, 6.45) is -2.10. The van der Waals surface area contributed by atoms with E-state index in [0.717, 1.165) is 6.07 Å². The van der Waals surface area contributed by atoms with E-state index in [1.165, 1.54) is 6.07 Å². The zero-order valence-electron chi connectivity index (χ0n) is 13.0. The normalized spacial score (nSPS) is 10.8. The number of aromatic nitrogens is 1. The van der Waals surface area contributed by atoms with Crippen molar-refractivity contribution in [1.82, 2.24) is 4.98 Å². The fourth-order valence-electron chi connectivity index (χ4n) is 2.12. The maximum Gasteiger partial charge on any atom is 0.416 e. The van der Waals surface area contributed by atoms with Crippen LogP contribution in [0.25, 0.3) is 0 Å². The lowest BCUT2D eigenvalue weighted by molar-refractivity contribution is -0.138. The Hall–Kier alpha value is -2.48. The largest absolute Gasteiger partial charge is 0.416 e. The molecule has 0 fully saturated rings. The van der Waals surface area contributed by atoms with Gasteiger partial charge in [-0.1, -0.05) is 36.5 Å². The van der Waals surface area contributed by atoms with Crippen molar-refractivity contribution in [3.05, 3.63) is 58.8 Å². The Morgan fingerprint density at radius 3 is 2.70 bits per heavy atom. The van der Waals surface area contributed by atoms with Crippen molar-refractivity contribution in [3.8, 4) is 11.8 Å². The van der Waals surface area contributed by atoms with Crippen molar-refractivity contribution in [2.75, 3.05) is 5.32 Å². The molecule has 0 saturated carbocycles. The van der Waals surface area contributed by atoms with E-state index in [2.05, 4.69) is 22.1 Å². The van der Waals surface area contributed by atoms with Gasteiger partial charge >= 0.3 is 6.18 Å². The molecule has 1 aromatic carbocycles. The summed E-state index contributed by atoms with van der Waals surface area (Å²) in [6, 6.07) is 7.86. The molecule has 0 amide bonds. The third kappa shape index (κ3) is 4.49. The van der Waals surface area contributed by atoms with E-state index < -0.39 is 11.7 Å². The van der Waals surface area contributed by atoms with Gasteiger partial charge in [-0.05, 0) is 30.7 Å². The first-order valence-corrected chi connectivity index (χ1v) is 7.26. The standard InChI is InChI=1S/C18H17F3N2/c1-3-4-6-14-7-5-10-22-17(14)23-12-15-9-8-13(2)11-16(15)18(19,20)21/h5,7-11H,3,12H2,1-2H3,(H,22,23). The number of nitrogens with one attached hydrogen (secondary N) is 1. The topological polar surface area (TPSA) is 24.9 Å². The van der Waals surface area contributed by atoms with Crippen LogP contribution >= 0.6 is 0 Å². The predicted molar refractivity (Wildman–Crippen MR) is 84.9 cm³/mol. The molecule has 1 aromatic heterocycles. The van der Waals surface area contributed by atoms with E-state index in [1.807, 2.05) is 6.92 Å². The molecule has 0 spiro atoms. The first-order valence-electron chi connectivity index (χ1n) is 7.26. The van der Waals surface area contributed by atoms with Crippen LogP contribution in [0, 0.1) is 18.8 Å². The minimum absolute atomic E-state index is 0.0347. The molecule has 0 radical (unpaired) electrons. The lowest BCUT2D eigenvalue weighted by Crippen LogP contribution is -2.13. The van der Waals surface area contributed by atoms with Crippen LogP contribution in [0.3, 0.4) is 0 Å². The van der Waals surface area contributed by atoms with Crippen molar-refractivity contribution >= 4 is 5.82 Å². The minimum atomic E-state index is -4.38. The average Bonchev–Trinajstić information content (AvgIpc) is 2.51. The maximum atomic E-state index is 13.1. The molecule has 2 nitrogen and oxygen atoms in total. The van der Waals surface area contributed by atoms with Gasteiger partial charge in [-0.2, -0.15) is 13.2 Å². The Morgan fingerprint density at radius 1 is 1.22 bits per heavy atom. The second-order valence-electron chi connectivity index (χ2n) is 5.07. The van der Waals surface area contributed by atoms with Gasteiger partial charge in [0.25, 0.3) is 0 Å². The van der Waals surface area contributed by atoms with Crippen LogP contribution < -0.4 is 5.32 Å². The summed E-state index contributed by atoms with van der Waals surface area (Å²) < 4.78 is 39.4. The van der Waals surface area contributed by atoms with Crippen molar-refractivity contribution < 1.29 is 13.2 Å². The number of pyridine rings is 1. The third-order valence-electron chi connectivity index (χ3n) is 3.22. The molecule has 120 valence electrons. The molecular formula is C18H17F3N2. The summed E-state index contributed by atoms with van der Waals surface area (Å²) in [5, 5.41) is 2.96. The highest BCUT2D eigenvalue weighted by atomic mass is 19.4. The maximum absolute atomic E-state index is 13.1. The number of benzene rings is 1. The van der Waals surface area contributed by atoms with E-state index in [9.17, 15) is 13.2 Å². The highest BCUT2D eigenvalue weighted by molar-refractivity contribution is 5.54. The number of aryl methyl sites for hydroxylation is 1. The van der Waals surface area contributed by atoms with Gasteiger partial charge in [0.05, 0.1) is 11.1 Å². The Morgan fingerprint density at radius 2 is 2.00 bits per heavy atom. The van der Waals surface area contributed by atoms with Crippen molar-refractivity contribution in [2.45, 2.75) is 33.0 Å². The van der Waals surface area contributed by atoms with Crippen LogP contribution in [0.4, 0.5) is 19.0 Å². The summed E-state index contributed by atoms with van der Waals surface area (Å²) in [5.74, 6) is 6.38. The van der Waals surface area contributed by atoms with Crippen molar-refractivity contribution in [1.29, 1.82) is 0 Å². The molecule has 0 saturated heterocycles. The zero-order valence-corrected chi connectivity index (χ0v) is 13.0. The molecule has 2 rings (SSSR count). The monoisotopic (exact) mass is 318 g/mol. The number of nitrogens with zero attached hydrogens (tertiary/aromatic N) is 1. The predicted octanol–water partition coefficient (Wildman–Crippen LogP) is 4.78. The average molecular weight is 318 g/mol. The van der Waals surface area contributed by atoms with Gasteiger partial charge in [-0.25, -0.2) is 4.98 Å². The van der Waals surface area contributed by atoms with E-state index in [0.29, 0.717) is 23.4 Å². The molecule has 0 aliphatic heterocycles. The second kappa shape index (κ2) is 7.19. The Bertz CT molecular complexity index is 740. The third-order valence-corrected chi connectivity index (χ3v) is 3.22. The van der Waals surface area contributed by atoms with Crippen molar-refractivity contribution in [3.63, 3.8) is 0 Å². The molecule has 0 atom stereocenters. The molecule has 23 heavy (non-hydrogen) atoms. The summed E-state index contributed by atoms with van der Waals surface area (Å²) in [7, 11) is 0. The fourth-order valence-corrected chi connectivity index (χ4v) is 2.12. The fraction of sp³-hybridized carbons (Fsp3) is 0.278. The molecule has 0 bridgehead atoms. The smallest absolute Gasteiger partial charge is 0.365 e. The summed E-state index contributed by atoms with van der Waals surface area (Å²) in [5.41, 5.74) is 0.814. The molecule has 0 aliphatic rings. The van der Waals surface area contributed by atoms with Crippen LogP contribution in [0.5, 0.6) is 0 Å². The quantitative estimate of drug-likeness (QED) is 0.824. The van der Waals surface area contributed by atoms with Gasteiger partial charge in [0.2, 0.25) is 0 Å². The molecule has 5 heteroatoms. The van der Waals surface area contributed by atoms with Gasteiger partial charge in [0.1, 0.15) is 5.82 Å². The second-order valence-corrected chi connectivity index (χ2v) is 5.07. The minimum Gasteiger partial charge on any atom is -0.365 e. The molecule has 1 heterocycles. The lowest BCUT2D eigenvalue weighted by Gasteiger charge is -2.15. The van der Waals surface area contributed by atoms with E-state index >= 15 is 0 Å². The highest BCUT2D eigenvalue weighted by Gasteiger charge is 2.33. The first-order chi connectivity index (χ1) is 10.9. The van der Waals surface area contributed by atoms with Crippen LogP contribution in [0.15, 0.2) is 36.5 Å². The van der Waals surface area contributed by atoms with Gasteiger partial charge in [0.15, 0.2) is 0 Å². The zero-order chi connectivity index (χ0) is 16.9. The summed E-state index contributed by atoms with van der Waals surface area (Å²) in [4.78, 5) is 4.16. The van der Waals surface area contributed by atoms with E-state index in [-0.39, 0.29) is 12.1 Å². The molecule has 0 aliphatic carbocycles. The van der Waals surface area contributed by atoms with Gasteiger partial charge in [-0.3, -0.25) is 0 Å². The highest BCUT2D eigenvalue weighted by Crippen LogP contribution is 2.33. The number of anilines is 1.